The second-order valence-corrected chi connectivity index (χ2v) is 8.91. The Morgan fingerprint density at radius 2 is 2.13 bits per heavy atom. The predicted octanol–water partition coefficient (Wildman–Crippen LogP) is 2.68. The summed E-state index contributed by atoms with van der Waals surface area (Å²) in [4.78, 5) is 31.2. The van der Waals surface area contributed by atoms with Crippen molar-refractivity contribution in [3.8, 4) is 0 Å². The van der Waals surface area contributed by atoms with E-state index in [1.165, 1.54) is 10.8 Å². The number of pyridine rings is 2. The second-order valence-electron chi connectivity index (χ2n) is 8.53. The highest BCUT2D eigenvalue weighted by Crippen LogP contribution is 2.44. The van der Waals surface area contributed by atoms with Crippen molar-refractivity contribution in [1.82, 2.24) is 9.55 Å². The Labute approximate surface area is 176 Å². The minimum absolute atomic E-state index is 0.0239. The molecule has 9 heteroatoms. The smallest absolute Gasteiger partial charge is 0.341 e. The van der Waals surface area contributed by atoms with Gasteiger partial charge in [0.2, 0.25) is 5.43 Å². The maximum absolute atomic E-state index is 14.0. The number of aromatic carboxylic acids is 1. The lowest BCUT2D eigenvalue weighted by atomic mass is 9.83. The topological polar surface area (TPSA) is 101 Å². The fourth-order valence-electron chi connectivity index (χ4n) is 4.93. The van der Waals surface area contributed by atoms with Gasteiger partial charge in [-0.1, -0.05) is 23.8 Å². The fraction of sp³-hybridized carbons (Fsp3) is 0.476. The molecule has 0 radical (unpaired) electrons. The molecule has 3 heterocycles. The fourth-order valence-corrected chi connectivity index (χ4v) is 5.29. The number of rotatable bonds is 3. The van der Waals surface area contributed by atoms with Crippen LogP contribution in [-0.4, -0.2) is 45.9 Å². The van der Waals surface area contributed by atoms with Crippen LogP contribution >= 0.6 is 11.6 Å². The lowest BCUT2D eigenvalue weighted by Crippen LogP contribution is -2.35. The van der Waals surface area contributed by atoms with Crippen LogP contribution in [0.25, 0.3) is 10.9 Å². The van der Waals surface area contributed by atoms with E-state index in [1.807, 2.05) is 6.08 Å². The summed E-state index contributed by atoms with van der Waals surface area (Å²) in [5, 5.41) is 9.85. The number of aryl methyl sites for hydroxylation is 1. The number of halogens is 2. The van der Waals surface area contributed by atoms with E-state index in [9.17, 15) is 19.1 Å². The lowest BCUT2D eigenvalue weighted by Gasteiger charge is -2.25. The van der Waals surface area contributed by atoms with Gasteiger partial charge in [-0.25, -0.2) is 14.2 Å². The van der Waals surface area contributed by atoms with Gasteiger partial charge >= 0.3 is 5.97 Å². The van der Waals surface area contributed by atoms with Gasteiger partial charge in [-0.3, -0.25) is 4.79 Å². The first-order valence-corrected chi connectivity index (χ1v) is 10.4. The number of hydrogen-bond donors (Lipinski definition) is 2. The molecule has 2 aromatic rings. The molecule has 3 aliphatic rings. The summed E-state index contributed by atoms with van der Waals surface area (Å²) in [5.41, 5.74) is 5.96. The van der Waals surface area contributed by atoms with Crippen molar-refractivity contribution in [3.63, 3.8) is 0 Å². The quantitative estimate of drug-likeness (QED) is 0.723. The van der Waals surface area contributed by atoms with Crippen LogP contribution in [0.15, 0.2) is 23.1 Å². The minimum atomic E-state index is -1.35. The zero-order valence-corrected chi connectivity index (χ0v) is 17.1. The number of carboxylic acids is 1. The predicted molar refractivity (Wildman–Crippen MR) is 112 cm³/mol. The van der Waals surface area contributed by atoms with Crippen LogP contribution < -0.4 is 16.1 Å². The van der Waals surface area contributed by atoms with E-state index in [2.05, 4.69) is 16.0 Å². The van der Waals surface area contributed by atoms with Crippen LogP contribution in [0.4, 0.5) is 10.2 Å². The van der Waals surface area contributed by atoms with Crippen LogP contribution in [0.1, 0.15) is 34.9 Å². The number of carbonyl (C=O) groups is 1. The monoisotopic (exact) mass is 432 g/mol. The summed E-state index contributed by atoms with van der Waals surface area (Å²) in [5.74, 6) is -0.125. The Morgan fingerprint density at radius 1 is 1.40 bits per heavy atom. The normalized spacial score (nSPS) is 30.0. The van der Waals surface area contributed by atoms with Gasteiger partial charge in [-0.15, -0.1) is 0 Å². The van der Waals surface area contributed by atoms with E-state index in [0.717, 1.165) is 13.0 Å². The van der Waals surface area contributed by atoms with E-state index in [1.54, 1.807) is 6.92 Å². The molecule has 2 aromatic heterocycles. The Morgan fingerprint density at radius 3 is 2.77 bits per heavy atom. The van der Waals surface area contributed by atoms with Crippen molar-refractivity contribution in [2.45, 2.75) is 38.0 Å². The molecule has 1 saturated carbocycles. The van der Waals surface area contributed by atoms with Gasteiger partial charge in [0.1, 0.15) is 22.6 Å². The van der Waals surface area contributed by atoms with Gasteiger partial charge in [-0.05, 0) is 25.2 Å². The maximum Gasteiger partial charge on any atom is 0.341 e. The molecule has 1 saturated heterocycles. The minimum Gasteiger partial charge on any atom is -0.477 e. The van der Waals surface area contributed by atoms with Crippen LogP contribution in [0, 0.1) is 18.8 Å². The average molecular weight is 433 g/mol. The van der Waals surface area contributed by atoms with Crippen LogP contribution in [0.2, 0.25) is 5.02 Å². The Kier molecular flexibility index (Phi) is 4.41. The maximum atomic E-state index is 14.0. The van der Waals surface area contributed by atoms with E-state index in [4.69, 9.17) is 17.3 Å². The summed E-state index contributed by atoms with van der Waals surface area (Å²) in [6, 6.07) is -0.554. The largest absolute Gasteiger partial charge is 0.477 e. The number of nitrogens with two attached hydrogens (primary N) is 1. The molecule has 7 nitrogen and oxygen atoms in total. The molecule has 30 heavy (non-hydrogen) atoms. The summed E-state index contributed by atoms with van der Waals surface area (Å²) < 4.78 is 15.5. The molecule has 0 unspecified atom stereocenters. The van der Waals surface area contributed by atoms with Crippen molar-refractivity contribution in [2.75, 3.05) is 18.0 Å². The van der Waals surface area contributed by atoms with Crippen molar-refractivity contribution in [3.05, 3.63) is 44.9 Å². The number of carboxylic acid groups (broad SMARTS) is 1. The Hall–Kier alpha value is -2.45. The zero-order valence-electron chi connectivity index (χ0n) is 16.4. The average Bonchev–Trinajstić information content (AvgIpc) is 3.25. The van der Waals surface area contributed by atoms with Gasteiger partial charge in [0.05, 0.1) is 22.6 Å². The number of fused-ring (bicyclic) bond motifs is 2. The Balaban J connectivity index is 1.69. The van der Waals surface area contributed by atoms with Gasteiger partial charge in [0.15, 0.2) is 0 Å². The van der Waals surface area contributed by atoms with E-state index >= 15 is 0 Å². The third-order valence-corrected chi connectivity index (χ3v) is 6.97. The van der Waals surface area contributed by atoms with Crippen LogP contribution in [0.3, 0.4) is 0 Å². The molecule has 2 aliphatic carbocycles. The van der Waals surface area contributed by atoms with Crippen LogP contribution in [-0.2, 0) is 0 Å². The molecule has 0 aromatic carbocycles. The Bertz CT molecular complexity index is 1160. The highest BCUT2D eigenvalue weighted by atomic mass is 35.5. The van der Waals surface area contributed by atoms with Gasteiger partial charge in [0.25, 0.3) is 0 Å². The van der Waals surface area contributed by atoms with Crippen molar-refractivity contribution in [2.24, 2.45) is 17.6 Å². The molecule has 0 bridgehead atoms. The summed E-state index contributed by atoms with van der Waals surface area (Å²) >= 11 is 6.78. The molecule has 0 spiro atoms. The second kappa shape index (κ2) is 6.78. The van der Waals surface area contributed by atoms with E-state index in [0.29, 0.717) is 35.4 Å². The standard InChI is InChI=1S/C21H22ClFN4O3/c1-9-16-18(27(15-5-13(15)23)8-12(19(16)28)21(29)30)17(22)20(25-9)26-6-10-3-2-4-14(24)11(10)7-26/h2,4,8,10-11,13-15H,3,5-7,24H2,1H3,(H,29,30)/t10-,11+,13+,14+,15-/m1/s1. The summed E-state index contributed by atoms with van der Waals surface area (Å²) in [7, 11) is 0. The summed E-state index contributed by atoms with van der Waals surface area (Å²) in [6.07, 6.45) is 5.47. The molecule has 0 amide bonds. The molecule has 158 valence electrons. The highest BCUT2D eigenvalue weighted by Gasteiger charge is 2.42. The molecule has 2 fully saturated rings. The number of alkyl halides is 1. The molecular formula is C21H22ClFN4O3. The molecular weight excluding hydrogens is 411 g/mol. The first kappa shape index (κ1) is 19.5. The summed E-state index contributed by atoms with van der Waals surface area (Å²) in [6.45, 7) is 3.10. The van der Waals surface area contributed by atoms with Gasteiger partial charge in [-0.2, -0.15) is 0 Å². The number of allylic oxidation sites excluding steroid dienone is 1. The molecule has 3 N–H and O–H groups in total. The van der Waals surface area contributed by atoms with Crippen LogP contribution in [0.5, 0.6) is 0 Å². The zero-order chi connectivity index (χ0) is 21.3. The van der Waals surface area contributed by atoms with Crippen molar-refractivity contribution >= 4 is 34.3 Å². The molecule has 1 aliphatic heterocycles. The first-order valence-electron chi connectivity index (χ1n) is 10.1. The van der Waals surface area contributed by atoms with E-state index < -0.39 is 29.2 Å². The van der Waals surface area contributed by atoms with Crippen molar-refractivity contribution in [1.29, 1.82) is 0 Å². The third kappa shape index (κ3) is 2.85. The van der Waals surface area contributed by atoms with Gasteiger partial charge < -0.3 is 20.3 Å². The van der Waals surface area contributed by atoms with Crippen molar-refractivity contribution < 1.29 is 14.3 Å². The number of anilines is 1. The van der Waals surface area contributed by atoms with E-state index in [-0.39, 0.29) is 22.9 Å². The first-order chi connectivity index (χ1) is 14.3. The number of aromatic nitrogens is 2. The third-order valence-electron chi connectivity index (χ3n) is 6.63. The number of nitrogens with zero attached hydrogens (tertiary/aromatic N) is 3. The molecule has 5 atom stereocenters. The highest BCUT2D eigenvalue weighted by molar-refractivity contribution is 6.37. The number of hydrogen-bond acceptors (Lipinski definition) is 5. The lowest BCUT2D eigenvalue weighted by molar-refractivity contribution is 0.0694. The molecule has 5 rings (SSSR count). The SMILES string of the molecule is Cc1nc(N2C[C@H]3CC=C[C@H](N)[C@H]3C2)c(Cl)c2c1c(=O)c(C(=O)O)cn2[C@@H]1C[C@@H]1F. The van der Waals surface area contributed by atoms with Gasteiger partial charge in [0, 0.05) is 31.7 Å².